The first kappa shape index (κ1) is 18.1. The zero-order valence-electron chi connectivity index (χ0n) is 18.3. The highest BCUT2D eigenvalue weighted by Crippen LogP contribution is 2.37. The predicted molar refractivity (Wildman–Crippen MR) is 133 cm³/mol. The topological polar surface area (TPSA) is 17.3 Å². The van der Waals surface area contributed by atoms with Crippen molar-refractivity contribution in [2.24, 2.45) is 0 Å². The van der Waals surface area contributed by atoms with Gasteiger partial charge in [0.2, 0.25) is 0 Å². The van der Waals surface area contributed by atoms with Gasteiger partial charge in [-0.1, -0.05) is 72.8 Å². The molecule has 2 heterocycles. The number of aromatic nitrogens is 2. The molecular weight excluding hydrogens is 376 g/mol. The Balaban J connectivity index is 2.21. The fourth-order valence-electron chi connectivity index (χ4n) is 5.27. The Bertz CT molecular complexity index is 1720. The van der Waals surface area contributed by atoms with Gasteiger partial charge < -0.3 is 0 Å². The smallest absolute Gasteiger partial charge is 0.111 e. The van der Waals surface area contributed by atoms with E-state index in [2.05, 4.69) is 105 Å². The van der Waals surface area contributed by atoms with Crippen molar-refractivity contribution in [1.29, 1.82) is 0 Å². The Hall–Kier alpha value is -3.65. The van der Waals surface area contributed by atoms with Crippen molar-refractivity contribution in [3.05, 3.63) is 95.3 Å². The van der Waals surface area contributed by atoms with Crippen LogP contribution in [0.1, 0.15) is 22.5 Å². The Labute approximate surface area is 181 Å². The fraction of sp³-hybridized carbons (Fsp3) is 0.138. The van der Waals surface area contributed by atoms with Gasteiger partial charge in [-0.05, 0) is 65.9 Å². The molecule has 0 amide bonds. The van der Waals surface area contributed by atoms with E-state index in [0.29, 0.717) is 0 Å². The molecule has 2 heteroatoms. The van der Waals surface area contributed by atoms with Crippen LogP contribution in [-0.4, -0.2) is 9.38 Å². The molecule has 6 aromatic rings. The van der Waals surface area contributed by atoms with E-state index in [4.69, 9.17) is 4.98 Å². The fourth-order valence-corrected chi connectivity index (χ4v) is 5.27. The highest BCUT2D eigenvalue weighted by atomic mass is 15.0. The molecule has 0 bridgehead atoms. The Morgan fingerprint density at radius 2 is 1.16 bits per heavy atom. The largest absolute Gasteiger partial charge is 0.295 e. The molecule has 31 heavy (non-hydrogen) atoms. The number of imidazole rings is 1. The maximum Gasteiger partial charge on any atom is 0.111 e. The van der Waals surface area contributed by atoms with Crippen LogP contribution >= 0.6 is 0 Å². The van der Waals surface area contributed by atoms with Crippen molar-refractivity contribution >= 4 is 48.9 Å². The van der Waals surface area contributed by atoms with Crippen LogP contribution in [0.5, 0.6) is 0 Å². The number of fused-ring (bicyclic) bond motifs is 7. The summed E-state index contributed by atoms with van der Waals surface area (Å²) in [5.41, 5.74) is 7.27. The van der Waals surface area contributed by atoms with Crippen LogP contribution in [0.25, 0.3) is 48.9 Å². The number of aryl methyl sites for hydroxylation is 4. The van der Waals surface area contributed by atoms with E-state index in [1.165, 1.54) is 60.0 Å². The standard InChI is InChI=1S/C29H24N2/c1-17-9-7-13-23-21-11-5-6-12-22(21)24-14-8-10-19(3)28(24)31-20(4)30-27-18(2)15-16-25(26(17)23)29(27)31/h5-16H,1-4H3. The van der Waals surface area contributed by atoms with Crippen LogP contribution < -0.4 is 0 Å². The molecule has 0 saturated heterocycles. The molecule has 2 aromatic heterocycles. The highest BCUT2D eigenvalue weighted by molar-refractivity contribution is 6.22. The van der Waals surface area contributed by atoms with Crippen molar-refractivity contribution < 1.29 is 0 Å². The zero-order valence-corrected chi connectivity index (χ0v) is 18.3. The summed E-state index contributed by atoms with van der Waals surface area (Å²) in [6.07, 6.45) is 0. The van der Waals surface area contributed by atoms with Gasteiger partial charge in [0.25, 0.3) is 0 Å². The van der Waals surface area contributed by atoms with E-state index in [1.807, 2.05) is 0 Å². The second kappa shape index (κ2) is 6.42. The van der Waals surface area contributed by atoms with E-state index < -0.39 is 0 Å². The van der Waals surface area contributed by atoms with Crippen LogP contribution in [-0.2, 0) is 0 Å². The molecule has 0 N–H and O–H groups in total. The first-order valence-electron chi connectivity index (χ1n) is 10.8. The van der Waals surface area contributed by atoms with Gasteiger partial charge in [0.05, 0.1) is 16.6 Å². The van der Waals surface area contributed by atoms with Crippen LogP contribution in [0.3, 0.4) is 0 Å². The van der Waals surface area contributed by atoms with Crippen molar-refractivity contribution in [2.75, 3.05) is 0 Å². The summed E-state index contributed by atoms with van der Waals surface area (Å²) in [7, 11) is 0. The molecule has 6 rings (SSSR count). The van der Waals surface area contributed by atoms with Crippen LogP contribution in [0.4, 0.5) is 0 Å². The van der Waals surface area contributed by atoms with E-state index in [9.17, 15) is 0 Å². The lowest BCUT2D eigenvalue weighted by Crippen LogP contribution is -1.92. The van der Waals surface area contributed by atoms with E-state index >= 15 is 0 Å². The molecule has 0 aliphatic heterocycles. The molecule has 0 aliphatic rings. The average molecular weight is 401 g/mol. The molecule has 150 valence electrons. The molecule has 0 fully saturated rings. The van der Waals surface area contributed by atoms with Crippen LogP contribution in [0.15, 0.2) is 72.8 Å². The Kier molecular flexibility index (Phi) is 3.76. The van der Waals surface area contributed by atoms with Gasteiger partial charge in [-0.15, -0.1) is 0 Å². The van der Waals surface area contributed by atoms with E-state index in [-0.39, 0.29) is 0 Å². The quantitative estimate of drug-likeness (QED) is 0.255. The summed E-state index contributed by atoms with van der Waals surface area (Å²) in [4.78, 5) is 5.06. The SMILES string of the molecule is Cc1ccc2c3c(C)cccc3c3ccccc3c3cccc(C)c3n3c(C)nc1c23. The average Bonchev–Trinajstić information content (AvgIpc) is 3.13. The normalized spacial score (nSPS) is 11.9. The number of para-hydroxylation sites is 1. The maximum atomic E-state index is 5.06. The van der Waals surface area contributed by atoms with Crippen molar-refractivity contribution in [3.63, 3.8) is 0 Å². The number of rotatable bonds is 0. The summed E-state index contributed by atoms with van der Waals surface area (Å²) >= 11 is 0. The van der Waals surface area contributed by atoms with Crippen molar-refractivity contribution in [2.45, 2.75) is 27.7 Å². The summed E-state index contributed by atoms with van der Waals surface area (Å²) in [6.45, 7) is 8.71. The molecule has 2 nitrogen and oxygen atoms in total. The first-order chi connectivity index (χ1) is 15.1. The monoisotopic (exact) mass is 400 g/mol. The van der Waals surface area contributed by atoms with Gasteiger partial charge in [-0.2, -0.15) is 0 Å². The number of nitrogens with zero attached hydrogens (tertiary/aromatic N) is 2. The number of hydrogen-bond donors (Lipinski definition) is 0. The van der Waals surface area contributed by atoms with Crippen molar-refractivity contribution in [3.8, 4) is 0 Å². The summed E-state index contributed by atoms with van der Waals surface area (Å²) in [5, 5.41) is 7.61. The molecule has 0 radical (unpaired) electrons. The third-order valence-electron chi connectivity index (χ3n) is 6.68. The molecule has 0 saturated carbocycles. The van der Waals surface area contributed by atoms with Crippen LogP contribution in [0.2, 0.25) is 0 Å². The minimum absolute atomic E-state index is 1.02. The van der Waals surface area contributed by atoms with Gasteiger partial charge in [-0.25, -0.2) is 4.98 Å². The van der Waals surface area contributed by atoms with Gasteiger partial charge in [0, 0.05) is 10.8 Å². The van der Waals surface area contributed by atoms with Crippen LogP contribution in [0, 0.1) is 27.7 Å². The predicted octanol–water partition coefficient (Wildman–Crippen LogP) is 7.74. The third-order valence-corrected chi connectivity index (χ3v) is 6.68. The summed E-state index contributed by atoms with van der Waals surface area (Å²) < 4.78 is 2.39. The summed E-state index contributed by atoms with van der Waals surface area (Å²) in [6, 6.07) is 26.6. The molecule has 0 spiro atoms. The lowest BCUT2D eigenvalue weighted by atomic mass is 9.97. The zero-order chi connectivity index (χ0) is 21.3. The molecule has 4 aromatic carbocycles. The first-order valence-corrected chi connectivity index (χ1v) is 10.8. The lowest BCUT2D eigenvalue weighted by Gasteiger charge is -2.07. The van der Waals surface area contributed by atoms with Crippen molar-refractivity contribution in [1.82, 2.24) is 9.38 Å². The molecular formula is C29H24N2. The molecule has 0 aliphatic carbocycles. The number of hydrogen-bond acceptors (Lipinski definition) is 1. The van der Waals surface area contributed by atoms with Gasteiger partial charge in [0.1, 0.15) is 5.82 Å². The third kappa shape index (κ3) is 2.42. The lowest BCUT2D eigenvalue weighted by molar-refractivity contribution is 1.08. The second-order valence-electron chi connectivity index (χ2n) is 8.64. The molecule has 0 atom stereocenters. The minimum Gasteiger partial charge on any atom is -0.295 e. The van der Waals surface area contributed by atoms with Gasteiger partial charge in [0.15, 0.2) is 0 Å². The minimum atomic E-state index is 1.02. The maximum absolute atomic E-state index is 5.06. The highest BCUT2D eigenvalue weighted by Gasteiger charge is 2.16. The van der Waals surface area contributed by atoms with Gasteiger partial charge >= 0.3 is 0 Å². The Morgan fingerprint density at radius 3 is 1.94 bits per heavy atom. The second-order valence-corrected chi connectivity index (χ2v) is 8.64. The summed E-state index contributed by atoms with van der Waals surface area (Å²) in [5.74, 6) is 1.02. The van der Waals surface area contributed by atoms with E-state index in [0.717, 1.165) is 11.3 Å². The molecule has 0 unspecified atom stereocenters. The van der Waals surface area contributed by atoms with E-state index in [1.54, 1.807) is 0 Å². The number of benzene rings is 4. The Morgan fingerprint density at radius 1 is 0.516 bits per heavy atom. The van der Waals surface area contributed by atoms with Gasteiger partial charge in [-0.3, -0.25) is 4.40 Å².